The quantitative estimate of drug-likeness (QED) is 0.797. The molecular formula is C8H10Cl2FN. The monoisotopic (exact) mass is 209 g/mol. The van der Waals surface area contributed by atoms with Crippen LogP contribution in [0.5, 0.6) is 0 Å². The SMILES string of the molecule is Cl.N[C@H](CF)c1ccccc1Cl. The van der Waals surface area contributed by atoms with Gasteiger partial charge in [-0.1, -0.05) is 29.8 Å². The van der Waals surface area contributed by atoms with E-state index in [4.69, 9.17) is 17.3 Å². The molecule has 0 fully saturated rings. The van der Waals surface area contributed by atoms with Crippen molar-refractivity contribution in [3.8, 4) is 0 Å². The first-order valence-corrected chi connectivity index (χ1v) is 3.69. The minimum Gasteiger partial charge on any atom is -0.322 e. The summed E-state index contributed by atoms with van der Waals surface area (Å²) in [6.45, 7) is -0.580. The number of halogens is 3. The average Bonchev–Trinajstić information content (AvgIpc) is 2.04. The smallest absolute Gasteiger partial charge is 0.109 e. The summed E-state index contributed by atoms with van der Waals surface area (Å²) in [5.41, 5.74) is 6.10. The van der Waals surface area contributed by atoms with E-state index in [1.165, 1.54) is 0 Å². The Hall–Kier alpha value is -0.310. The van der Waals surface area contributed by atoms with Crippen molar-refractivity contribution in [1.29, 1.82) is 0 Å². The van der Waals surface area contributed by atoms with Crippen molar-refractivity contribution in [2.24, 2.45) is 5.73 Å². The fourth-order valence-electron chi connectivity index (χ4n) is 0.859. The fourth-order valence-corrected chi connectivity index (χ4v) is 1.13. The summed E-state index contributed by atoms with van der Waals surface area (Å²) in [5, 5.41) is 0.526. The van der Waals surface area contributed by atoms with Crippen LogP contribution in [-0.4, -0.2) is 6.67 Å². The topological polar surface area (TPSA) is 26.0 Å². The first kappa shape index (κ1) is 11.7. The van der Waals surface area contributed by atoms with E-state index < -0.39 is 12.7 Å². The van der Waals surface area contributed by atoms with Gasteiger partial charge in [-0.2, -0.15) is 0 Å². The van der Waals surface area contributed by atoms with E-state index in [1.54, 1.807) is 24.3 Å². The largest absolute Gasteiger partial charge is 0.322 e. The zero-order valence-corrected chi connectivity index (χ0v) is 7.91. The predicted octanol–water partition coefficient (Wildman–Crippen LogP) is 2.73. The van der Waals surface area contributed by atoms with Gasteiger partial charge in [-0.05, 0) is 11.6 Å². The normalized spacial score (nSPS) is 11.9. The van der Waals surface area contributed by atoms with Crippen LogP contribution in [0.4, 0.5) is 4.39 Å². The van der Waals surface area contributed by atoms with E-state index in [9.17, 15) is 4.39 Å². The molecule has 1 aromatic carbocycles. The average molecular weight is 210 g/mol. The third-order valence-corrected chi connectivity index (χ3v) is 1.82. The van der Waals surface area contributed by atoms with Crippen LogP contribution in [0.25, 0.3) is 0 Å². The molecule has 1 atom stereocenters. The summed E-state index contributed by atoms with van der Waals surface area (Å²) in [6.07, 6.45) is 0. The summed E-state index contributed by atoms with van der Waals surface area (Å²) >= 11 is 5.75. The second kappa shape index (κ2) is 5.36. The molecule has 0 bridgehead atoms. The number of benzene rings is 1. The molecule has 0 aromatic heterocycles. The number of alkyl halides is 1. The molecule has 0 heterocycles. The Labute approximate surface area is 82.1 Å². The van der Waals surface area contributed by atoms with Crippen molar-refractivity contribution < 1.29 is 4.39 Å². The fraction of sp³-hybridized carbons (Fsp3) is 0.250. The molecule has 0 saturated carbocycles. The minimum atomic E-state index is -0.594. The van der Waals surface area contributed by atoms with E-state index >= 15 is 0 Å². The van der Waals surface area contributed by atoms with E-state index in [0.29, 0.717) is 10.6 Å². The predicted molar refractivity (Wildman–Crippen MR) is 51.6 cm³/mol. The number of hydrogen-bond acceptors (Lipinski definition) is 1. The van der Waals surface area contributed by atoms with Crippen LogP contribution in [-0.2, 0) is 0 Å². The van der Waals surface area contributed by atoms with Crippen LogP contribution in [0.15, 0.2) is 24.3 Å². The van der Waals surface area contributed by atoms with Crippen molar-refractivity contribution in [1.82, 2.24) is 0 Å². The lowest BCUT2D eigenvalue weighted by Crippen LogP contribution is -2.12. The maximum Gasteiger partial charge on any atom is 0.109 e. The molecule has 0 aliphatic heterocycles. The second-order valence-corrected chi connectivity index (χ2v) is 2.69. The van der Waals surface area contributed by atoms with E-state index in [0.717, 1.165) is 0 Å². The van der Waals surface area contributed by atoms with E-state index in [1.807, 2.05) is 0 Å². The molecule has 0 saturated heterocycles. The molecule has 12 heavy (non-hydrogen) atoms. The molecule has 0 aliphatic rings. The van der Waals surface area contributed by atoms with Crippen LogP contribution >= 0.6 is 24.0 Å². The highest BCUT2D eigenvalue weighted by Crippen LogP contribution is 2.20. The van der Waals surface area contributed by atoms with Gasteiger partial charge in [0, 0.05) is 5.02 Å². The first-order valence-electron chi connectivity index (χ1n) is 3.31. The molecule has 1 rings (SSSR count). The van der Waals surface area contributed by atoms with Crippen molar-refractivity contribution in [2.45, 2.75) is 6.04 Å². The van der Waals surface area contributed by atoms with Crippen LogP contribution in [0.2, 0.25) is 5.02 Å². The molecule has 0 spiro atoms. The third kappa shape index (κ3) is 2.63. The van der Waals surface area contributed by atoms with E-state index in [2.05, 4.69) is 0 Å². The van der Waals surface area contributed by atoms with Crippen molar-refractivity contribution >= 4 is 24.0 Å². The lowest BCUT2D eigenvalue weighted by atomic mass is 10.1. The molecule has 0 aliphatic carbocycles. The van der Waals surface area contributed by atoms with Crippen LogP contribution in [0.3, 0.4) is 0 Å². The van der Waals surface area contributed by atoms with Gasteiger partial charge in [0.15, 0.2) is 0 Å². The Morgan fingerprint density at radius 1 is 1.42 bits per heavy atom. The van der Waals surface area contributed by atoms with Crippen LogP contribution < -0.4 is 5.73 Å². The van der Waals surface area contributed by atoms with Gasteiger partial charge < -0.3 is 5.73 Å². The molecule has 0 amide bonds. The lowest BCUT2D eigenvalue weighted by molar-refractivity contribution is 0.437. The highest BCUT2D eigenvalue weighted by atomic mass is 35.5. The molecule has 68 valence electrons. The van der Waals surface area contributed by atoms with Gasteiger partial charge >= 0.3 is 0 Å². The van der Waals surface area contributed by atoms with Gasteiger partial charge in [0.2, 0.25) is 0 Å². The Bertz CT molecular complexity index is 242. The third-order valence-electron chi connectivity index (χ3n) is 1.47. The molecule has 0 unspecified atom stereocenters. The highest BCUT2D eigenvalue weighted by molar-refractivity contribution is 6.31. The second-order valence-electron chi connectivity index (χ2n) is 2.28. The van der Waals surface area contributed by atoms with Crippen LogP contribution in [0.1, 0.15) is 11.6 Å². The molecule has 1 nitrogen and oxygen atoms in total. The van der Waals surface area contributed by atoms with Crippen molar-refractivity contribution in [3.05, 3.63) is 34.9 Å². The Kier molecular flexibility index (Phi) is 5.22. The molecule has 0 radical (unpaired) electrons. The van der Waals surface area contributed by atoms with Crippen molar-refractivity contribution in [3.63, 3.8) is 0 Å². The standard InChI is InChI=1S/C8H9ClFN.ClH/c9-7-4-2-1-3-6(7)8(11)5-10;/h1-4,8H,5,11H2;1H/t8-;/m1./s1. The van der Waals surface area contributed by atoms with Gasteiger partial charge in [-0.25, -0.2) is 4.39 Å². The Morgan fingerprint density at radius 3 is 2.50 bits per heavy atom. The minimum absolute atomic E-state index is 0. The molecule has 4 heteroatoms. The van der Waals surface area contributed by atoms with Crippen LogP contribution in [0, 0.1) is 0 Å². The summed E-state index contributed by atoms with van der Waals surface area (Å²) in [7, 11) is 0. The summed E-state index contributed by atoms with van der Waals surface area (Å²) in [4.78, 5) is 0. The first-order chi connectivity index (χ1) is 5.25. The molecule has 1 aromatic rings. The van der Waals surface area contributed by atoms with Gasteiger partial charge in [-0.15, -0.1) is 12.4 Å². The summed E-state index contributed by atoms with van der Waals surface area (Å²) in [5.74, 6) is 0. The highest BCUT2D eigenvalue weighted by Gasteiger charge is 2.07. The number of hydrogen-bond donors (Lipinski definition) is 1. The Morgan fingerprint density at radius 2 is 2.00 bits per heavy atom. The molecular weight excluding hydrogens is 200 g/mol. The number of nitrogens with two attached hydrogens (primary N) is 1. The zero-order valence-electron chi connectivity index (χ0n) is 6.34. The van der Waals surface area contributed by atoms with Gasteiger partial charge in [-0.3, -0.25) is 0 Å². The van der Waals surface area contributed by atoms with E-state index in [-0.39, 0.29) is 12.4 Å². The van der Waals surface area contributed by atoms with Crippen molar-refractivity contribution in [2.75, 3.05) is 6.67 Å². The van der Waals surface area contributed by atoms with Gasteiger partial charge in [0.05, 0.1) is 6.04 Å². The maximum atomic E-state index is 12.1. The zero-order chi connectivity index (χ0) is 8.27. The molecule has 2 N–H and O–H groups in total. The maximum absolute atomic E-state index is 12.1. The Balaban J connectivity index is 0.00000121. The number of rotatable bonds is 2. The summed E-state index contributed by atoms with van der Waals surface area (Å²) < 4.78 is 12.1. The van der Waals surface area contributed by atoms with Gasteiger partial charge in [0.25, 0.3) is 0 Å². The summed E-state index contributed by atoms with van der Waals surface area (Å²) in [6, 6.07) is 6.41. The van der Waals surface area contributed by atoms with Gasteiger partial charge in [0.1, 0.15) is 6.67 Å². The lowest BCUT2D eigenvalue weighted by Gasteiger charge is -2.08.